The highest BCUT2D eigenvalue weighted by Gasteiger charge is 2.31. The van der Waals surface area contributed by atoms with Gasteiger partial charge < -0.3 is 10.2 Å². The van der Waals surface area contributed by atoms with Gasteiger partial charge in [0.1, 0.15) is 6.04 Å². The van der Waals surface area contributed by atoms with Crippen LogP contribution in [0.4, 0.5) is 11.4 Å². The normalized spacial score (nSPS) is 15.5. The second kappa shape index (κ2) is 10.4. The fourth-order valence-electron chi connectivity index (χ4n) is 4.20. The van der Waals surface area contributed by atoms with E-state index in [1.807, 2.05) is 30.9 Å². The van der Waals surface area contributed by atoms with Gasteiger partial charge in [0.25, 0.3) is 5.91 Å². The molecule has 0 aromatic heterocycles. The van der Waals surface area contributed by atoms with Gasteiger partial charge in [0.05, 0.1) is 23.2 Å². The molecule has 33 heavy (non-hydrogen) atoms. The molecule has 1 aliphatic rings. The highest BCUT2D eigenvalue weighted by atomic mass is 32.2. The van der Waals surface area contributed by atoms with Crippen molar-refractivity contribution in [1.29, 1.82) is 0 Å². The van der Waals surface area contributed by atoms with Crippen LogP contribution in [0.2, 0.25) is 0 Å². The summed E-state index contributed by atoms with van der Waals surface area (Å²) in [6.45, 7) is 6.64. The topological polar surface area (TPSA) is 86.8 Å². The fourth-order valence-corrected chi connectivity index (χ4v) is 5.42. The molecule has 8 heteroatoms. The Labute approximate surface area is 196 Å². The fraction of sp³-hybridized carbons (Fsp3) is 0.440. The lowest BCUT2D eigenvalue weighted by atomic mass is 10.1. The van der Waals surface area contributed by atoms with E-state index in [0.29, 0.717) is 30.0 Å². The first-order chi connectivity index (χ1) is 15.6. The molecule has 7 nitrogen and oxygen atoms in total. The van der Waals surface area contributed by atoms with E-state index in [1.165, 1.54) is 0 Å². The maximum atomic E-state index is 13.2. The molecule has 0 radical (unpaired) electrons. The molecule has 1 saturated heterocycles. The van der Waals surface area contributed by atoms with Crippen LogP contribution in [0.15, 0.2) is 42.5 Å². The van der Waals surface area contributed by atoms with Gasteiger partial charge in [-0.05, 0) is 62.9 Å². The average Bonchev–Trinajstić information content (AvgIpc) is 3.05. The van der Waals surface area contributed by atoms with Gasteiger partial charge >= 0.3 is 0 Å². The number of hydrogen-bond acceptors (Lipinski definition) is 4. The number of likely N-dealkylation sites (tertiary alicyclic amines) is 1. The number of benzene rings is 2. The summed E-state index contributed by atoms with van der Waals surface area (Å²) in [6.07, 6.45) is 5.25. The summed E-state index contributed by atoms with van der Waals surface area (Å²) in [5.41, 5.74) is 2.91. The SMILES string of the molecule is Cc1ccc(C)c(N(C(C)C(=O)Nc2ccccc2C(=O)N2CCCCCC2)S(C)(=O)=O)c1. The number of para-hydroxylation sites is 1. The number of anilines is 2. The molecule has 0 spiro atoms. The van der Waals surface area contributed by atoms with E-state index < -0.39 is 22.0 Å². The van der Waals surface area contributed by atoms with Crippen LogP contribution in [-0.4, -0.2) is 50.5 Å². The third-order valence-corrected chi connectivity index (χ3v) is 7.23. The Morgan fingerprint density at radius 1 is 1.00 bits per heavy atom. The van der Waals surface area contributed by atoms with Crippen molar-refractivity contribution < 1.29 is 18.0 Å². The minimum atomic E-state index is -3.74. The number of nitrogens with zero attached hydrogens (tertiary/aromatic N) is 2. The monoisotopic (exact) mass is 471 g/mol. The molecular formula is C25H33N3O4S. The number of carbonyl (C=O) groups is 2. The van der Waals surface area contributed by atoms with Gasteiger partial charge in [-0.3, -0.25) is 13.9 Å². The van der Waals surface area contributed by atoms with Crippen molar-refractivity contribution in [1.82, 2.24) is 4.90 Å². The quantitative estimate of drug-likeness (QED) is 0.687. The Balaban J connectivity index is 1.88. The van der Waals surface area contributed by atoms with Crippen LogP contribution in [0.5, 0.6) is 0 Å². The molecule has 2 amide bonds. The molecule has 1 aliphatic heterocycles. The number of amides is 2. The molecule has 178 valence electrons. The Morgan fingerprint density at radius 3 is 2.27 bits per heavy atom. The lowest BCUT2D eigenvalue weighted by molar-refractivity contribution is -0.116. The van der Waals surface area contributed by atoms with Crippen LogP contribution in [0.1, 0.15) is 54.1 Å². The van der Waals surface area contributed by atoms with Crippen LogP contribution < -0.4 is 9.62 Å². The van der Waals surface area contributed by atoms with E-state index in [4.69, 9.17) is 0 Å². The Hall–Kier alpha value is -2.87. The molecule has 0 bridgehead atoms. The third kappa shape index (κ3) is 5.93. The second-order valence-corrected chi connectivity index (χ2v) is 10.6. The third-order valence-electron chi connectivity index (χ3n) is 6.00. The zero-order valence-corrected chi connectivity index (χ0v) is 20.6. The minimum absolute atomic E-state index is 0.116. The van der Waals surface area contributed by atoms with E-state index in [-0.39, 0.29) is 5.91 Å². The molecule has 1 fully saturated rings. The van der Waals surface area contributed by atoms with Gasteiger partial charge in [0.2, 0.25) is 15.9 Å². The van der Waals surface area contributed by atoms with Crippen molar-refractivity contribution in [2.24, 2.45) is 0 Å². The summed E-state index contributed by atoms with van der Waals surface area (Å²) in [5.74, 6) is -0.618. The number of carbonyl (C=O) groups excluding carboxylic acids is 2. The molecule has 0 saturated carbocycles. The summed E-state index contributed by atoms with van der Waals surface area (Å²) < 4.78 is 26.5. The molecule has 2 aromatic rings. The second-order valence-electron chi connectivity index (χ2n) is 8.77. The average molecular weight is 472 g/mol. The van der Waals surface area contributed by atoms with Gasteiger partial charge in [0.15, 0.2) is 0 Å². The number of hydrogen-bond donors (Lipinski definition) is 1. The van der Waals surface area contributed by atoms with E-state index in [0.717, 1.165) is 47.4 Å². The first-order valence-corrected chi connectivity index (χ1v) is 13.2. The maximum absolute atomic E-state index is 13.2. The molecule has 1 unspecified atom stereocenters. The van der Waals surface area contributed by atoms with E-state index >= 15 is 0 Å². The van der Waals surface area contributed by atoms with E-state index in [9.17, 15) is 18.0 Å². The summed E-state index contributed by atoms with van der Waals surface area (Å²) >= 11 is 0. The standard InChI is InChI=1S/C25H33N3O4S/c1-18-13-14-19(2)23(17-18)28(33(4,31)32)20(3)24(29)26-22-12-8-7-11-21(22)25(30)27-15-9-5-6-10-16-27/h7-8,11-14,17,20H,5-6,9-10,15-16H2,1-4H3,(H,26,29). The summed E-state index contributed by atoms with van der Waals surface area (Å²) in [7, 11) is -3.74. The number of nitrogens with one attached hydrogen (secondary N) is 1. The van der Waals surface area contributed by atoms with Crippen LogP contribution in [0, 0.1) is 13.8 Å². The van der Waals surface area contributed by atoms with Crippen LogP contribution in [-0.2, 0) is 14.8 Å². The van der Waals surface area contributed by atoms with Crippen molar-refractivity contribution in [3.63, 3.8) is 0 Å². The molecule has 1 N–H and O–H groups in total. The Bertz CT molecular complexity index is 1120. The van der Waals surface area contributed by atoms with Crippen molar-refractivity contribution in [2.45, 2.75) is 52.5 Å². The Morgan fingerprint density at radius 2 is 1.64 bits per heavy atom. The zero-order valence-electron chi connectivity index (χ0n) is 19.8. The number of aryl methyl sites for hydroxylation is 2. The van der Waals surface area contributed by atoms with Crippen LogP contribution in [0.25, 0.3) is 0 Å². The highest BCUT2D eigenvalue weighted by Crippen LogP contribution is 2.27. The predicted octanol–water partition coefficient (Wildman–Crippen LogP) is 4.11. The maximum Gasteiger partial charge on any atom is 0.255 e. The summed E-state index contributed by atoms with van der Waals surface area (Å²) in [5, 5.41) is 2.81. The minimum Gasteiger partial charge on any atom is -0.339 e. The zero-order chi connectivity index (χ0) is 24.2. The van der Waals surface area contributed by atoms with Crippen molar-refractivity contribution >= 4 is 33.2 Å². The molecule has 1 atom stereocenters. The van der Waals surface area contributed by atoms with Crippen molar-refractivity contribution in [2.75, 3.05) is 29.0 Å². The van der Waals surface area contributed by atoms with E-state index in [2.05, 4.69) is 5.32 Å². The number of rotatable bonds is 6. The van der Waals surface area contributed by atoms with Crippen molar-refractivity contribution in [3.05, 3.63) is 59.2 Å². The first-order valence-electron chi connectivity index (χ1n) is 11.4. The molecule has 1 heterocycles. The van der Waals surface area contributed by atoms with Crippen molar-refractivity contribution in [3.8, 4) is 0 Å². The highest BCUT2D eigenvalue weighted by molar-refractivity contribution is 7.92. The lowest BCUT2D eigenvalue weighted by Gasteiger charge is -2.30. The largest absolute Gasteiger partial charge is 0.339 e. The first kappa shape index (κ1) is 24.8. The molecule has 0 aliphatic carbocycles. The Kier molecular flexibility index (Phi) is 7.79. The molecular weight excluding hydrogens is 438 g/mol. The summed E-state index contributed by atoms with van der Waals surface area (Å²) in [6, 6.07) is 11.4. The van der Waals surface area contributed by atoms with Gasteiger partial charge in [-0.15, -0.1) is 0 Å². The van der Waals surface area contributed by atoms with Gasteiger partial charge in [-0.2, -0.15) is 0 Å². The lowest BCUT2D eigenvalue weighted by Crippen LogP contribution is -2.46. The smallest absolute Gasteiger partial charge is 0.255 e. The molecule has 3 rings (SSSR count). The molecule has 2 aromatic carbocycles. The van der Waals surface area contributed by atoms with Gasteiger partial charge in [-0.25, -0.2) is 8.42 Å². The van der Waals surface area contributed by atoms with E-state index in [1.54, 1.807) is 37.3 Å². The van der Waals surface area contributed by atoms with Crippen LogP contribution in [0.3, 0.4) is 0 Å². The van der Waals surface area contributed by atoms with Crippen LogP contribution >= 0.6 is 0 Å². The predicted molar refractivity (Wildman–Crippen MR) is 132 cm³/mol. The van der Waals surface area contributed by atoms with Gasteiger partial charge in [-0.1, -0.05) is 37.1 Å². The summed E-state index contributed by atoms with van der Waals surface area (Å²) in [4.78, 5) is 28.3. The van der Waals surface area contributed by atoms with Gasteiger partial charge in [0, 0.05) is 13.1 Å². The number of sulfonamides is 1.